The summed E-state index contributed by atoms with van der Waals surface area (Å²) in [4.78, 5) is 2.23. The summed E-state index contributed by atoms with van der Waals surface area (Å²) < 4.78 is 12.8. The molecule has 18 heavy (non-hydrogen) atoms. The molecule has 1 saturated heterocycles. The largest absolute Gasteiger partial charge is 0.358 e. The monoisotopic (exact) mass is 266 g/mol. The highest BCUT2D eigenvalue weighted by Crippen LogP contribution is 2.15. The fourth-order valence-electron chi connectivity index (χ4n) is 2.27. The van der Waals surface area contributed by atoms with Crippen molar-refractivity contribution in [1.82, 2.24) is 10.2 Å². The Morgan fingerprint density at radius 3 is 2.83 bits per heavy atom. The first kappa shape index (κ1) is 13.3. The number of benzene rings is 1. The van der Waals surface area contributed by atoms with Crippen LogP contribution >= 0.6 is 12.2 Å². The molecule has 0 spiro atoms. The third-order valence-corrected chi connectivity index (χ3v) is 3.70. The SMILES string of the molecule is C[C@H]1CCCN(C(=S)NCc2ccc(F)cc2)C1. The molecule has 1 atom stereocenters. The van der Waals surface area contributed by atoms with E-state index < -0.39 is 0 Å². The predicted octanol–water partition coefficient (Wildman–Crippen LogP) is 2.93. The Balaban J connectivity index is 1.82. The Morgan fingerprint density at radius 1 is 1.44 bits per heavy atom. The topological polar surface area (TPSA) is 15.3 Å². The Kier molecular flexibility index (Phi) is 4.53. The van der Waals surface area contributed by atoms with Crippen molar-refractivity contribution in [3.8, 4) is 0 Å². The van der Waals surface area contributed by atoms with E-state index in [1.54, 1.807) is 12.1 Å². The molecule has 0 saturated carbocycles. The van der Waals surface area contributed by atoms with Crippen molar-refractivity contribution >= 4 is 17.3 Å². The van der Waals surface area contributed by atoms with Gasteiger partial charge in [0, 0.05) is 19.6 Å². The molecule has 1 aromatic rings. The third kappa shape index (κ3) is 3.67. The second-order valence-corrected chi connectivity index (χ2v) is 5.37. The van der Waals surface area contributed by atoms with Crippen molar-refractivity contribution in [2.75, 3.05) is 13.1 Å². The zero-order valence-corrected chi connectivity index (χ0v) is 11.5. The van der Waals surface area contributed by atoms with Gasteiger partial charge in [-0.15, -0.1) is 0 Å². The standard InChI is InChI=1S/C14H19FN2S/c1-11-3-2-8-17(10-11)14(18)16-9-12-4-6-13(15)7-5-12/h4-7,11H,2-3,8-10H2,1H3,(H,16,18)/t11-/m0/s1. The van der Waals surface area contributed by atoms with Crippen molar-refractivity contribution in [3.05, 3.63) is 35.6 Å². The molecule has 0 amide bonds. The van der Waals surface area contributed by atoms with Gasteiger partial charge >= 0.3 is 0 Å². The average molecular weight is 266 g/mol. The minimum atomic E-state index is -0.203. The lowest BCUT2D eigenvalue weighted by Gasteiger charge is -2.33. The molecule has 4 heteroatoms. The van der Waals surface area contributed by atoms with Crippen molar-refractivity contribution in [2.24, 2.45) is 5.92 Å². The quantitative estimate of drug-likeness (QED) is 0.829. The molecule has 1 aromatic carbocycles. The molecular weight excluding hydrogens is 247 g/mol. The van der Waals surface area contributed by atoms with Gasteiger partial charge in [0.15, 0.2) is 5.11 Å². The Hall–Kier alpha value is -1.16. The average Bonchev–Trinajstić information content (AvgIpc) is 2.38. The fourth-order valence-corrected chi connectivity index (χ4v) is 2.50. The smallest absolute Gasteiger partial charge is 0.169 e. The summed E-state index contributed by atoms with van der Waals surface area (Å²) in [6.45, 7) is 4.99. The molecule has 1 aliphatic heterocycles. The van der Waals surface area contributed by atoms with E-state index in [0.29, 0.717) is 12.5 Å². The number of piperidine rings is 1. The second kappa shape index (κ2) is 6.14. The summed E-state index contributed by atoms with van der Waals surface area (Å²) in [5.74, 6) is 0.510. The minimum absolute atomic E-state index is 0.203. The van der Waals surface area contributed by atoms with E-state index >= 15 is 0 Å². The van der Waals surface area contributed by atoms with Gasteiger partial charge in [-0.05, 0) is 48.7 Å². The molecule has 1 heterocycles. The first-order valence-corrected chi connectivity index (χ1v) is 6.83. The number of hydrogen-bond donors (Lipinski definition) is 1. The summed E-state index contributed by atoms with van der Waals surface area (Å²) in [6, 6.07) is 6.51. The van der Waals surface area contributed by atoms with Gasteiger partial charge in [-0.1, -0.05) is 19.1 Å². The van der Waals surface area contributed by atoms with Crippen molar-refractivity contribution in [1.29, 1.82) is 0 Å². The summed E-state index contributed by atoms with van der Waals surface area (Å²) in [6.07, 6.45) is 2.50. The molecule has 2 rings (SSSR count). The lowest BCUT2D eigenvalue weighted by Crippen LogP contribution is -2.44. The maximum absolute atomic E-state index is 12.8. The molecule has 98 valence electrons. The normalized spacial score (nSPS) is 19.7. The zero-order chi connectivity index (χ0) is 13.0. The third-order valence-electron chi connectivity index (χ3n) is 3.30. The van der Waals surface area contributed by atoms with Crippen LogP contribution in [0.1, 0.15) is 25.3 Å². The van der Waals surface area contributed by atoms with Crippen LogP contribution in [0.3, 0.4) is 0 Å². The highest BCUT2D eigenvalue weighted by molar-refractivity contribution is 7.80. The molecule has 1 N–H and O–H groups in total. The number of nitrogens with one attached hydrogen (secondary N) is 1. The number of thiocarbonyl (C=S) groups is 1. The van der Waals surface area contributed by atoms with Crippen LogP contribution in [0.4, 0.5) is 4.39 Å². The number of halogens is 1. The van der Waals surface area contributed by atoms with Gasteiger partial charge in [-0.2, -0.15) is 0 Å². The van der Waals surface area contributed by atoms with Crippen LogP contribution in [-0.4, -0.2) is 23.1 Å². The first-order chi connectivity index (χ1) is 8.65. The molecule has 0 bridgehead atoms. The van der Waals surface area contributed by atoms with E-state index in [9.17, 15) is 4.39 Å². The van der Waals surface area contributed by atoms with Crippen LogP contribution in [0, 0.1) is 11.7 Å². The lowest BCUT2D eigenvalue weighted by atomic mass is 10.0. The molecular formula is C14H19FN2S. The molecule has 0 aromatic heterocycles. The summed E-state index contributed by atoms with van der Waals surface area (Å²) in [5.41, 5.74) is 1.05. The molecule has 1 fully saturated rings. The van der Waals surface area contributed by atoms with Gasteiger partial charge in [0.05, 0.1) is 0 Å². The van der Waals surface area contributed by atoms with E-state index in [4.69, 9.17) is 12.2 Å². The Morgan fingerprint density at radius 2 is 2.17 bits per heavy atom. The number of likely N-dealkylation sites (tertiary alicyclic amines) is 1. The predicted molar refractivity (Wildman–Crippen MR) is 75.8 cm³/mol. The highest BCUT2D eigenvalue weighted by Gasteiger charge is 2.17. The van der Waals surface area contributed by atoms with Crippen LogP contribution in [0.2, 0.25) is 0 Å². The zero-order valence-electron chi connectivity index (χ0n) is 10.7. The summed E-state index contributed by atoms with van der Waals surface area (Å²) >= 11 is 5.39. The lowest BCUT2D eigenvalue weighted by molar-refractivity contribution is 0.270. The fraction of sp³-hybridized carbons (Fsp3) is 0.500. The Labute approximate surface area is 113 Å². The number of rotatable bonds is 2. The maximum atomic E-state index is 12.8. The first-order valence-electron chi connectivity index (χ1n) is 6.42. The van der Waals surface area contributed by atoms with E-state index in [0.717, 1.165) is 23.8 Å². The van der Waals surface area contributed by atoms with Gasteiger partial charge in [0.2, 0.25) is 0 Å². The summed E-state index contributed by atoms with van der Waals surface area (Å²) in [5, 5.41) is 4.05. The van der Waals surface area contributed by atoms with Crippen LogP contribution in [0.15, 0.2) is 24.3 Å². The molecule has 0 aliphatic carbocycles. The van der Waals surface area contributed by atoms with Crippen molar-refractivity contribution in [2.45, 2.75) is 26.3 Å². The minimum Gasteiger partial charge on any atom is -0.358 e. The van der Waals surface area contributed by atoms with E-state index in [2.05, 4.69) is 17.1 Å². The second-order valence-electron chi connectivity index (χ2n) is 4.98. The van der Waals surface area contributed by atoms with Crippen molar-refractivity contribution in [3.63, 3.8) is 0 Å². The molecule has 1 aliphatic rings. The number of nitrogens with zero attached hydrogens (tertiary/aromatic N) is 1. The van der Waals surface area contributed by atoms with Crippen LogP contribution < -0.4 is 5.32 Å². The van der Waals surface area contributed by atoms with Gasteiger partial charge in [0.1, 0.15) is 5.82 Å². The van der Waals surface area contributed by atoms with E-state index in [1.807, 2.05) is 0 Å². The van der Waals surface area contributed by atoms with Gasteiger partial charge < -0.3 is 10.2 Å². The van der Waals surface area contributed by atoms with Crippen LogP contribution in [-0.2, 0) is 6.54 Å². The van der Waals surface area contributed by atoms with Gasteiger partial charge in [0.25, 0.3) is 0 Å². The maximum Gasteiger partial charge on any atom is 0.169 e. The summed E-state index contributed by atoms with van der Waals surface area (Å²) in [7, 11) is 0. The highest BCUT2D eigenvalue weighted by atomic mass is 32.1. The molecule has 2 nitrogen and oxygen atoms in total. The van der Waals surface area contributed by atoms with E-state index in [1.165, 1.54) is 25.0 Å². The molecule has 0 unspecified atom stereocenters. The van der Waals surface area contributed by atoms with Crippen molar-refractivity contribution < 1.29 is 4.39 Å². The van der Waals surface area contributed by atoms with Crippen LogP contribution in [0.5, 0.6) is 0 Å². The Bertz CT molecular complexity index is 405. The van der Waals surface area contributed by atoms with Gasteiger partial charge in [-0.3, -0.25) is 0 Å². The molecule has 0 radical (unpaired) electrons. The van der Waals surface area contributed by atoms with Crippen LogP contribution in [0.25, 0.3) is 0 Å². The number of hydrogen-bond acceptors (Lipinski definition) is 1. The van der Waals surface area contributed by atoms with Gasteiger partial charge in [-0.25, -0.2) is 4.39 Å². The van der Waals surface area contributed by atoms with E-state index in [-0.39, 0.29) is 5.82 Å².